The van der Waals surface area contributed by atoms with Gasteiger partial charge in [-0.3, -0.25) is 9.69 Å². The maximum Gasteiger partial charge on any atom is 0.225 e. The first-order valence-corrected chi connectivity index (χ1v) is 13.1. The van der Waals surface area contributed by atoms with Crippen LogP contribution in [0.5, 0.6) is 0 Å². The van der Waals surface area contributed by atoms with Crippen LogP contribution in [-0.4, -0.2) is 64.9 Å². The van der Waals surface area contributed by atoms with Crippen LogP contribution < -0.4 is 4.90 Å². The third kappa shape index (κ3) is 4.36. The van der Waals surface area contributed by atoms with Crippen molar-refractivity contribution in [2.75, 3.05) is 44.2 Å². The van der Waals surface area contributed by atoms with Crippen molar-refractivity contribution in [3.05, 3.63) is 66.2 Å². The number of carbonyl (C=O) groups excluding carboxylic acids is 1. The lowest BCUT2D eigenvalue weighted by molar-refractivity contribution is -0.138. The number of anilines is 1. The zero-order chi connectivity index (χ0) is 23.8. The van der Waals surface area contributed by atoms with E-state index < -0.39 is 0 Å². The summed E-state index contributed by atoms with van der Waals surface area (Å²) in [5, 5.41) is 0.577. The molecule has 0 bridgehead atoms. The van der Waals surface area contributed by atoms with Crippen molar-refractivity contribution in [1.29, 1.82) is 0 Å². The molecule has 2 saturated heterocycles. The highest BCUT2D eigenvalue weighted by atomic mass is 32.1. The van der Waals surface area contributed by atoms with Crippen LogP contribution in [0.2, 0.25) is 0 Å². The summed E-state index contributed by atoms with van der Waals surface area (Å²) in [6.07, 6.45) is 3.16. The highest BCUT2D eigenvalue weighted by Gasteiger charge is 2.31. The van der Waals surface area contributed by atoms with Gasteiger partial charge in [-0.2, -0.15) is 0 Å². The standard InChI is InChI=1S/C27H28FN5OS/c28-21-7-4-8-22-23(21)24-25(35-22)26(30-18-29-24)32-11-9-20(10-12-32)27(34)33-15-13-31(14-16-33)17-19-5-2-1-3-6-19/h1-8,18,20H,9-17H2. The molecule has 2 aromatic carbocycles. The van der Waals surface area contributed by atoms with Gasteiger partial charge in [-0.05, 0) is 30.5 Å². The van der Waals surface area contributed by atoms with Crippen LogP contribution in [0.4, 0.5) is 10.2 Å². The molecule has 2 aliphatic heterocycles. The largest absolute Gasteiger partial charge is 0.355 e. The Hall–Kier alpha value is -3.10. The van der Waals surface area contributed by atoms with E-state index in [0.717, 1.165) is 73.9 Å². The number of fused-ring (bicyclic) bond motifs is 3. The Labute approximate surface area is 208 Å². The second kappa shape index (κ2) is 9.51. The molecule has 6 rings (SSSR count). The van der Waals surface area contributed by atoms with E-state index in [-0.39, 0.29) is 11.7 Å². The van der Waals surface area contributed by atoms with Gasteiger partial charge < -0.3 is 9.80 Å². The number of amides is 1. The van der Waals surface area contributed by atoms with Crippen molar-refractivity contribution in [3.8, 4) is 0 Å². The number of hydrogen-bond donors (Lipinski definition) is 0. The average Bonchev–Trinajstić information content (AvgIpc) is 3.30. The summed E-state index contributed by atoms with van der Waals surface area (Å²) < 4.78 is 16.3. The Morgan fingerprint density at radius 3 is 2.49 bits per heavy atom. The van der Waals surface area contributed by atoms with Gasteiger partial charge in [-0.1, -0.05) is 36.4 Å². The molecule has 0 aliphatic carbocycles. The molecule has 0 radical (unpaired) electrons. The lowest BCUT2D eigenvalue weighted by atomic mass is 9.95. The van der Waals surface area contributed by atoms with Gasteiger partial charge in [0.1, 0.15) is 18.0 Å². The molecule has 4 heterocycles. The van der Waals surface area contributed by atoms with E-state index in [2.05, 4.69) is 48.9 Å². The van der Waals surface area contributed by atoms with E-state index in [1.165, 1.54) is 18.0 Å². The Bertz CT molecular complexity index is 1340. The van der Waals surface area contributed by atoms with Crippen molar-refractivity contribution in [1.82, 2.24) is 19.8 Å². The first-order valence-electron chi connectivity index (χ1n) is 12.3. The molecule has 0 atom stereocenters. The van der Waals surface area contributed by atoms with Crippen LogP contribution in [0.25, 0.3) is 20.3 Å². The normalized spacial score (nSPS) is 18.0. The van der Waals surface area contributed by atoms with Crippen molar-refractivity contribution in [2.24, 2.45) is 5.92 Å². The van der Waals surface area contributed by atoms with Crippen LogP contribution >= 0.6 is 11.3 Å². The van der Waals surface area contributed by atoms with E-state index in [1.807, 2.05) is 12.1 Å². The second-order valence-electron chi connectivity index (χ2n) is 9.44. The van der Waals surface area contributed by atoms with Gasteiger partial charge in [0.25, 0.3) is 0 Å². The number of aromatic nitrogens is 2. The topological polar surface area (TPSA) is 52.6 Å². The minimum absolute atomic E-state index is 0.0594. The van der Waals surface area contributed by atoms with E-state index in [9.17, 15) is 9.18 Å². The fourth-order valence-electron chi connectivity index (χ4n) is 5.36. The predicted molar refractivity (Wildman–Crippen MR) is 138 cm³/mol. The lowest BCUT2D eigenvalue weighted by Gasteiger charge is -2.38. The van der Waals surface area contributed by atoms with Gasteiger partial charge >= 0.3 is 0 Å². The van der Waals surface area contributed by atoms with Crippen molar-refractivity contribution < 1.29 is 9.18 Å². The van der Waals surface area contributed by atoms with Gasteiger partial charge in [0, 0.05) is 56.4 Å². The highest BCUT2D eigenvalue weighted by Crippen LogP contribution is 2.39. The first-order chi connectivity index (χ1) is 17.2. The number of benzene rings is 2. The fourth-order valence-corrected chi connectivity index (χ4v) is 6.54. The molecule has 2 fully saturated rings. The van der Waals surface area contributed by atoms with E-state index in [0.29, 0.717) is 16.8 Å². The maximum atomic E-state index is 14.5. The summed E-state index contributed by atoms with van der Waals surface area (Å²) in [5.74, 6) is 0.965. The van der Waals surface area contributed by atoms with E-state index in [4.69, 9.17) is 0 Å². The second-order valence-corrected chi connectivity index (χ2v) is 10.5. The minimum atomic E-state index is -0.244. The summed E-state index contributed by atoms with van der Waals surface area (Å²) in [6.45, 7) is 5.91. The van der Waals surface area contributed by atoms with Gasteiger partial charge in [-0.15, -0.1) is 11.3 Å². The number of piperazine rings is 1. The minimum Gasteiger partial charge on any atom is -0.355 e. The third-order valence-electron chi connectivity index (χ3n) is 7.29. The number of nitrogens with zero attached hydrogens (tertiary/aromatic N) is 5. The van der Waals surface area contributed by atoms with Gasteiger partial charge in [0.2, 0.25) is 5.91 Å². The van der Waals surface area contributed by atoms with Crippen LogP contribution in [0.1, 0.15) is 18.4 Å². The fraction of sp³-hybridized carbons (Fsp3) is 0.370. The summed E-state index contributed by atoms with van der Waals surface area (Å²) in [5.41, 5.74) is 2.00. The van der Waals surface area contributed by atoms with Crippen LogP contribution in [-0.2, 0) is 11.3 Å². The van der Waals surface area contributed by atoms with Crippen molar-refractivity contribution in [2.45, 2.75) is 19.4 Å². The molecular formula is C27H28FN5OS. The zero-order valence-corrected chi connectivity index (χ0v) is 20.4. The molecule has 180 valence electrons. The quantitative estimate of drug-likeness (QED) is 0.421. The average molecular weight is 490 g/mol. The zero-order valence-electron chi connectivity index (χ0n) is 19.6. The molecule has 2 aromatic heterocycles. The molecule has 35 heavy (non-hydrogen) atoms. The number of rotatable bonds is 4. The van der Waals surface area contributed by atoms with Gasteiger partial charge in [0.15, 0.2) is 0 Å². The third-order valence-corrected chi connectivity index (χ3v) is 8.43. The SMILES string of the molecule is O=C(C1CCN(c2ncnc3c2sc2cccc(F)c23)CC1)N1CCN(Cc2ccccc2)CC1. The number of piperidine rings is 1. The summed E-state index contributed by atoms with van der Waals surface area (Å²) in [4.78, 5) is 28.9. The molecular weight excluding hydrogens is 461 g/mol. The Kier molecular flexibility index (Phi) is 6.08. The smallest absolute Gasteiger partial charge is 0.225 e. The molecule has 0 saturated carbocycles. The molecule has 0 unspecified atom stereocenters. The first kappa shape index (κ1) is 22.4. The summed E-state index contributed by atoms with van der Waals surface area (Å²) >= 11 is 1.54. The maximum absolute atomic E-state index is 14.5. The van der Waals surface area contributed by atoms with Gasteiger partial charge in [0.05, 0.1) is 15.6 Å². The molecule has 4 aromatic rings. The molecule has 1 amide bonds. The van der Waals surface area contributed by atoms with Crippen LogP contribution in [0.3, 0.4) is 0 Å². The molecule has 0 N–H and O–H groups in total. The number of thiophene rings is 1. The highest BCUT2D eigenvalue weighted by molar-refractivity contribution is 7.26. The van der Waals surface area contributed by atoms with Crippen LogP contribution in [0, 0.1) is 11.7 Å². The van der Waals surface area contributed by atoms with E-state index in [1.54, 1.807) is 17.4 Å². The molecule has 2 aliphatic rings. The summed E-state index contributed by atoms with van der Waals surface area (Å²) in [7, 11) is 0. The Balaban J connectivity index is 1.08. The van der Waals surface area contributed by atoms with Crippen LogP contribution in [0.15, 0.2) is 54.9 Å². The molecule has 8 heteroatoms. The van der Waals surface area contributed by atoms with E-state index >= 15 is 0 Å². The lowest BCUT2D eigenvalue weighted by Crippen LogP contribution is -2.51. The van der Waals surface area contributed by atoms with Crippen molar-refractivity contribution in [3.63, 3.8) is 0 Å². The number of halogens is 1. The number of hydrogen-bond acceptors (Lipinski definition) is 6. The summed E-state index contributed by atoms with van der Waals surface area (Å²) in [6, 6.07) is 15.7. The van der Waals surface area contributed by atoms with Gasteiger partial charge in [-0.25, -0.2) is 14.4 Å². The number of carbonyl (C=O) groups is 1. The molecule has 0 spiro atoms. The monoisotopic (exact) mass is 489 g/mol. The Morgan fingerprint density at radius 1 is 0.943 bits per heavy atom. The van der Waals surface area contributed by atoms with Crippen molar-refractivity contribution >= 4 is 43.4 Å². The predicted octanol–water partition coefficient (Wildman–Crippen LogP) is 4.54. The molecule has 6 nitrogen and oxygen atoms in total. The Morgan fingerprint density at radius 2 is 1.71 bits per heavy atom.